The minimum absolute atomic E-state index is 0.739. The largest absolute Gasteiger partial charge is 0.492 e. The van der Waals surface area contributed by atoms with E-state index < -0.39 is 0 Å². The van der Waals surface area contributed by atoms with Crippen LogP contribution < -0.4 is 10.1 Å². The lowest BCUT2D eigenvalue weighted by Crippen LogP contribution is -2.25. The van der Waals surface area contributed by atoms with E-state index in [-0.39, 0.29) is 0 Å². The van der Waals surface area contributed by atoms with E-state index in [2.05, 4.69) is 19.2 Å². The highest BCUT2D eigenvalue weighted by Crippen LogP contribution is 2.07. The number of nitrogens with one attached hydrogen (secondary N) is 1. The van der Waals surface area contributed by atoms with Gasteiger partial charge in [-0.1, -0.05) is 38.5 Å². The van der Waals surface area contributed by atoms with Gasteiger partial charge in [-0.2, -0.15) is 0 Å². The van der Waals surface area contributed by atoms with Crippen LogP contribution in [0.1, 0.15) is 26.7 Å². The van der Waals surface area contributed by atoms with Crippen molar-refractivity contribution in [1.82, 2.24) is 5.32 Å². The third-order valence-electron chi connectivity index (χ3n) is 2.57. The van der Waals surface area contributed by atoms with Gasteiger partial charge in [0.05, 0.1) is 0 Å². The molecule has 0 fully saturated rings. The van der Waals surface area contributed by atoms with Crippen molar-refractivity contribution in [3.8, 4) is 5.75 Å². The quantitative estimate of drug-likeness (QED) is 0.681. The lowest BCUT2D eigenvalue weighted by Gasteiger charge is -2.11. The van der Waals surface area contributed by atoms with E-state index in [0.717, 1.165) is 31.4 Å². The van der Waals surface area contributed by atoms with E-state index in [1.807, 2.05) is 30.3 Å². The summed E-state index contributed by atoms with van der Waals surface area (Å²) in [5, 5.41) is 3.42. The first-order valence-electron chi connectivity index (χ1n) is 6.21. The Morgan fingerprint density at radius 2 is 2.00 bits per heavy atom. The van der Waals surface area contributed by atoms with Crippen molar-refractivity contribution in [3.63, 3.8) is 0 Å². The van der Waals surface area contributed by atoms with Crippen LogP contribution in [0.5, 0.6) is 5.75 Å². The molecule has 1 unspecified atom stereocenters. The Labute approximate surface area is 99.0 Å². The molecule has 0 spiro atoms. The fourth-order valence-electron chi connectivity index (χ4n) is 1.70. The molecular weight excluding hydrogens is 198 g/mol. The molecule has 2 heteroatoms. The summed E-state index contributed by atoms with van der Waals surface area (Å²) in [6.45, 7) is 7.27. The number of hydrogen-bond donors (Lipinski definition) is 1. The summed E-state index contributed by atoms with van der Waals surface area (Å²) in [6, 6.07) is 9.95. The normalized spacial score (nSPS) is 12.4. The van der Waals surface area contributed by atoms with Crippen LogP contribution in [0.2, 0.25) is 0 Å². The zero-order valence-electron chi connectivity index (χ0n) is 10.4. The molecule has 0 heterocycles. The molecule has 0 aromatic heterocycles. The topological polar surface area (TPSA) is 21.3 Å². The van der Waals surface area contributed by atoms with Crippen LogP contribution in [0, 0.1) is 5.92 Å². The average Bonchev–Trinajstić information content (AvgIpc) is 2.30. The minimum Gasteiger partial charge on any atom is -0.492 e. The molecule has 1 N–H and O–H groups in total. The molecule has 0 aliphatic carbocycles. The van der Waals surface area contributed by atoms with Gasteiger partial charge in [0.2, 0.25) is 0 Å². The number of rotatable bonds is 8. The molecule has 1 aromatic rings. The lowest BCUT2D eigenvalue weighted by molar-refractivity contribution is 0.308. The van der Waals surface area contributed by atoms with E-state index >= 15 is 0 Å². The summed E-state index contributed by atoms with van der Waals surface area (Å²) in [4.78, 5) is 0. The summed E-state index contributed by atoms with van der Waals surface area (Å²) < 4.78 is 5.59. The maximum absolute atomic E-state index is 5.59. The molecular formula is C14H23NO. The molecule has 1 aromatic carbocycles. The van der Waals surface area contributed by atoms with E-state index in [1.54, 1.807) is 0 Å². The van der Waals surface area contributed by atoms with Crippen LogP contribution in [0.15, 0.2) is 30.3 Å². The van der Waals surface area contributed by atoms with Crippen molar-refractivity contribution in [2.75, 3.05) is 19.7 Å². The van der Waals surface area contributed by atoms with Crippen LogP contribution in [-0.4, -0.2) is 19.7 Å². The summed E-state index contributed by atoms with van der Waals surface area (Å²) in [5.74, 6) is 1.72. The average molecular weight is 221 g/mol. The first-order valence-corrected chi connectivity index (χ1v) is 6.21. The molecule has 0 radical (unpaired) electrons. The van der Waals surface area contributed by atoms with Crippen molar-refractivity contribution in [2.24, 2.45) is 5.92 Å². The van der Waals surface area contributed by atoms with Gasteiger partial charge in [-0.05, 0) is 31.0 Å². The van der Waals surface area contributed by atoms with Crippen LogP contribution in [0.3, 0.4) is 0 Å². The summed E-state index contributed by atoms with van der Waals surface area (Å²) in [7, 11) is 0. The minimum atomic E-state index is 0.739. The van der Waals surface area contributed by atoms with E-state index in [1.165, 1.54) is 12.8 Å². The molecule has 90 valence electrons. The second-order valence-electron chi connectivity index (χ2n) is 4.26. The van der Waals surface area contributed by atoms with Crippen molar-refractivity contribution < 1.29 is 4.74 Å². The molecule has 16 heavy (non-hydrogen) atoms. The highest BCUT2D eigenvalue weighted by Gasteiger charge is 1.99. The summed E-state index contributed by atoms with van der Waals surface area (Å²) in [6.07, 6.45) is 2.57. The number of benzene rings is 1. The third kappa shape index (κ3) is 5.76. The maximum Gasteiger partial charge on any atom is 0.119 e. The fourth-order valence-corrected chi connectivity index (χ4v) is 1.70. The van der Waals surface area contributed by atoms with Gasteiger partial charge < -0.3 is 10.1 Å². The molecule has 1 rings (SSSR count). The highest BCUT2D eigenvalue weighted by molar-refractivity contribution is 5.20. The molecule has 2 nitrogen and oxygen atoms in total. The standard InChI is InChI=1S/C14H23NO/c1-3-7-13(2)12-15-10-11-16-14-8-5-4-6-9-14/h4-6,8-9,13,15H,3,7,10-12H2,1-2H3. The van der Waals surface area contributed by atoms with Crippen LogP contribution in [0.25, 0.3) is 0 Å². The van der Waals surface area contributed by atoms with Gasteiger partial charge in [-0.15, -0.1) is 0 Å². The van der Waals surface area contributed by atoms with Gasteiger partial charge in [0.15, 0.2) is 0 Å². The van der Waals surface area contributed by atoms with Gasteiger partial charge in [-0.3, -0.25) is 0 Å². The first-order chi connectivity index (χ1) is 7.83. The van der Waals surface area contributed by atoms with E-state index in [0.29, 0.717) is 0 Å². The molecule has 0 saturated heterocycles. The predicted octanol–water partition coefficient (Wildman–Crippen LogP) is 3.09. The van der Waals surface area contributed by atoms with Gasteiger partial charge in [0.25, 0.3) is 0 Å². The second kappa shape index (κ2) is 8.17. The number of ether oxygens (including phenoxy) is 1. The number of hydrogen-bond acceptors (Lipinski definition) is 2. The number of para-hydroxylation sites is 1. The zero-order valence-corrected chi connectivity index (χ0v) is 10.4. The Kier molecular flexibility index (Phi) is 6.66. The third-order valence-corrected chi connectivity index (χ3v) is 2.57. The van der Waals surface area contributed by atoms with Crippen molar-refractivity contribution in [3.05, 3.63) is 30.3 Å². The molecule has 0 saturated carbocycles. The molecule has 0 aliphatic rings. The summed E-state index contributed by atoms with van der Waals surface area (Å²) in [5.41, 5.74) is 0. The molecule has 1 atom stereocenters. The van der Waals surface area contributed by atoms with E-state index in [4.69, 9.17) is 4.74 Å². The van der Waals surface area contributed by atoms with Crippen molar-refractivity contribution in [2.45, 2.75) is 26.7 Å². The van der Waals surface area contributed by atoms with Crippen LogP contribution in [-0.2, 0) is 0 Å². The predicted molar refractivity (Wildman–Crippen MR) is 68.9 cm³/mol. The van der Waals surface area contributed by atoms with Crippen LogP contribution in [0.4, 0.5) is 0 Å². The smallest absolute Gasteiger partial charge is 0.119 e. The van der Waals surface area contributed by atoms with Gasteiger partial charge in [0, 0.05) is 6.54 Å². The Hall–Kier alpha value is -1.02. The zero-order chi connectivity index (χ0) is 11.6. The monoisotopic (exact) mass is 221 g/mol. The Morgan fingerprint density at radius 3 is 2.69 bits per heavy atom. The molecule has 0 amide bonds. The maximum atomic E-state index is 5.59. The van der Waals surface area contributed by atoms with Gasteiger partial charge in [-0.25, -0.2) is 0 Å². The Bertz CT molecular complexity index is 261. The summed E-state index contributed by atoms with van der Waals surface area (Å²) >= 11 is 0. The second-order valence-corrected chi connectivity index (χ2v) is 4.26. The van der Waals surface area contributed by atoms with Crippen LogP contribution >= 0.6 is 0 Å². The molecule has 0 bridgehead atoms. The lowest BCUT2D eigenvalue weighted by atomic mass is 10.1. The highest BCUT2D eigenvalue weighted by atomic mass is 16.5. The Balaban J connectivity index is 2.00. The molecule has 0 aliphatic heterocycles. The van der Waals surface area contributed by atoms with Crippen molar-refractivity contribution >= 4 is 0 Å². The van der Waals surface area contributed by atoms with Gasteiger partial charge >= 0.3 is 0 Å². The van der Waals surface area contributed by atoms with Crippen molar-refractivity contribution in [1.29, 1.82) is 0 Å². The SMILES string of the molecule is CCCC(C)CNCCOc1ccccc1. The first kappa shape index (κ1) is 13.0. The Morgan fingerprint density at radius 1 is 1.25 bits per heavy atom. The van der Waals surface area contributed by atoms with Gasteiger partial charge in [0.1, 0.15) is 12.4 Å². The fraction of sp³-hybridized carbons (Fsp3) is 0.571. The van der Waals surface area contributed by atoms with E-state index in [9.17, 15) is 0 Å².